The van der Waals surface area contributed by atoms with E-state index < -0.39 is 0 Å². The van der Waals surface area contributed by atoms with Crippen molar-refractivity contribution in [3.63, 3.8) is 0 Å². The van der Waals surface area contributed by atoms with Crippen LogP contribution in [0.25, 0.3) is 0 Å². The number of rotatable bonds is 5. The Balaban J connectivity index is 1.90. The normalized spacial score (nSPS) is 16.2. The lowest BCUT2D eigenvalue weighted by atomic mass is 9.90. The summed E-state index contributed by atoms with van der Waals surface area (Å²) in [5.41, 5.74) is 2.38. The van der Waals surface area contributed by atoms with Crippen molar-refractivity contribution < 1.29 is 18.9 Å². The maximum atomic E-state index is 5.98. The van der Waals surface area contributed by atoms with Crippen molar-refractivity contribution >= 4 is 0 Å². The van der Waals surface area contributed by atoms with Gasteiger partial charge in [-0.2, -0.15) is 0 Å². The number of hydrogen-bond acceptors (Lipinski definition) is 4. The van der Waals surface area contributed by atoms with Gasteiger partial charge in [0.15, 0.2) is 11.5 Å². The van der Waals surface area contributed by atoms with Gasteiger partial charge in [-0.05, 0) is 18.4 Å². The third-order valence-electron chi connectivity index (χ3n) is 4.23. The van der Waals surface area contributed by atoms with Crippen LogP contribution < -0.4 is 18.9 Å². The Labute approximate surface area is 136 Å². The van der Waals surface area contributed by atoms with Crippen molar-refractivity contribution in [1.82, 2.24) is 0 Å². The summed E-state index contributed by atoms with van der Waals surface area (Å²) < 4.78 is 22.4. The van der Waals surface area contributed by atoms with Crippen molar-refractivity contribution in [2.75, 3.05) is 27.9 Å². The summed E-state index contributed by atoms with van der Waals surface area (Å²) in [6.45, 7) is 0.695. The number of hydrogen-bond donors (Lipinski definition) is 0. The lowest BCUT2D eigenvalue weighted by molar-refractivity contribution is 0.213. The fraction of sp³-hybridized carbons (Fsp3) is 0.368. The van der Waals surface area contributed by atoms with Gasteiger partial charge in [0.2, 0.25) is 5.75 Å². The van der Waals surface area contributed by atoms with E-state index in [1.54, 1.807) is 21.3 Å². The molecule has 1 atom stereocenters. The molecule has 0 fully saturated rings. The summed E-state index contributed by atoms with van der Waals surface area (Å²) in [4.78, 5) is 0. The summed E-state index contributed by atoms with van der Waals surface area (Å²) in [6.07, 6.45) is 1.88. The number of fused-ring (bicyclic) bond motifs is 1. The first kappa shape index (κ1) is 15.5. The second-order valence-corrected chi connectivity index (χ2v) is 5.69. The van der Waals surface area contributed by atoms with Crippen LogP contribution in [0.1, 0.15) is 11.1 Å². The van der Waals surface area contributed by atoms with E-state index in [2.05, 4.69) is 24.3 Å². The van der Waals surface area contributed by atoms with E-state index in [0.29, 0.717) is 29.8 Å². The van der Waals surface area contributed by atoms with E-state index in [-0.39, 0.29) is 0 Å². The van der Waals surface area contributed by atoms with E-state index in [0.717, 1.165) is 24.2 Å². The van der Waals surface area contributed by atoms with Crippen LogP contribution >= 0.6 is 0 Å². The molecule has 2 aromatic carbocycles. The van der Waals surface area contributed by atoms with Crippen LogP contribution in [-0.2, 0) is 12.8 Å². The topological polar surface area (TPSA) is 36.9 Å². The van der Waals surface area contributed by atoms with Gasteiger partial charge in [-0.1, -0.05) is 30.3 Å². The Morgan fingerprint density at radius 1 is 1.00 bits per heavy atom. The van der Waals surface area contributed by atoms with Crippen LogP contribution in [0.5, 0.6) is 23.0 Å². The lowest BCUT2D eigenvalue weighted by Crippen LogP contribution is -2.23. The first-order valence-corrected chi connectivity index (χ1v) is 7.75. The molecule has 1 heterocycles. The van der Waals surface area contributed by atoms with E-state index in [9.17, 15) is 0 Å². The van der Waals surface area contributed by atoms with Crippen molar-refractivity contribution in [1.29, 1.82) is 0 Å². The molecule has 0 radical (unpaired) electrons. The third kappa shape index (κ3) is 3.07. The first-order chi connectivity index (χ1) is 11.3. The monoisotopic (exact) mass is 314 g/mol. The number of methoxy groups -OCH3 is 3. The largest absolute Gasteiger partial charge is 0.493 e. The standard InChI is InChI=1S/C19H22O4/c1-20-17-11-16-15(18(21-2)19(17)22-3)10-14(12-23-16)9-13-7-5-4-6-8-13/h4-8,11,14H,9-10,12H2,1-3H3. The first-order valence-electron chi connectivity index (χ1n) is 7.75. The third-order valence-corrected chi connectivity index (χ3v) is 4.23. The number of benzene rings is 2. The van der Waals surface area contributed by atoms with Crippen LogP contribution in [-0.4, -0.2) is 27.9 Å². The molecule has 4 heteroatoms. The zero-order valence-electron chi connectivity index (χ0n) is 13.8. The average Bonchev–Trinajstić information content (AvgIpc) is 2.60. The van der Waals surface area contributed by atoms with Crippen molar-refractivity contribution in [3.8, 4) is 23.0 Å². The molecule has 1 aliphatic heterocycles. The van der Waals surface area contributed by atoms with Gasteiger partial charge in [-0.3, -0.25) is 0 Å². The fourth-order valence-corrected chi connectivity index (χ4v) is 3.15. The molecule has 4 nitrogen and oxygen atoms in total. The van der Waals surface area contributed by atoms with E-state index in [1.807, 2.05) is 12.1 Å². The second kappa shape index (κ2) is 6.82. The van der Waals surface area contributed by atoms with Gasteiger partial charge in [0.25, 0.3) is 0 Å². The molecule has 1 unspecified atom stereocenters. The zero-order valence-corrected chi connectivity index (χ0v) is 13.8. The average molecular weight is 314 g/mol. The molecule has 0 aliphatic carbocycles. The molecule has 122 valence electrons. The van der Waals surface area contributed by atoms with E-state index in [1.165, 1.54) is 5.56 Å². The SMILES string of the molecule is COc1cc2c(c(OC)c1OC)CC(Cc1ccccc1)CO2. The van der Waals surface area contributed by atoms with Crippen LogP contribution in [0.15, 0.2) is 36.4 Å². The zero-order chi connectivity index (χ0) is 16.2. The highest BCUT2D eigenvalue weighted by Crippen LogP contribution is 2.47. The van der Waals surface area contributed by atoms with E-state index in [4.69, 9.17) is 18.9 Å². The maximum Gasteiger partial charge on any atom is 0.203 e. The van der Waals surface area contributed by atoms with Gasteiger partial charge in [0, 0.05) is 17.5 Å². The predicted octanol–water partition coefficient (Wildman–Crippen LogP) is 3.51. The summed E-state index contributed by atoms with van der Waals surface area (Å²) in [6, 6.07) is 12.4. The van der Waals surface area contributed by atoms with Crippen LogP contribution in [0.4, 0.5) is 0 Å². The Morgan fingerprint density at radius 3 is 2.39 bits per heavy atom. The smallest absolute Gasteiger partial charge is 0.203 e. The molecule has 0 spiro atoms. The molecule has 0 amide bonds. The maximum absolute atomic E-state index is 5.98. The molecule has 2 aromatic rings. The quantitative estimate of drug-likeness (QED) is 0.846. The van der Waals surface area contributed by atoms with Gasteiger partial charge in [0.1, 0.15) is 5.75 Å². The highest BCUT2D eigenvalue weighted by molar-refractivity contribution is 5.62. The molecular weight excluding hydrogens is 292 g/mol. The molecule has 0 saturated heterocycles. The molecule has 0 N–H and O–H groups in total. The minimum Gasteiger partial charge on any atom is -0.493 e. The van der Waals surface area contributed by atoms with Gasteiger partial charge >= 0.3 is 0 Å². The summed E-state index contributed by atoms with van der Waals surface area (Å²) >= 11 is 0. The van der Waals surface area contributed by atoms with E-state index >= 15 is 0 Å². The highest BCUT2D eigenvalue weighted by Gasteiger charge is 2.28. The Bertz CT molecular complexity index is 667. The molecule has 3 rings (SSSR count). The summed E-state index contributed by atoms with van der Waals surface area (Å²) in [5, 5.41) is 0. The molecule has 0 bridgehead atoms. The molecule has 23 heavy (non-hydrogen) atoms. The van der Waals surface area contributed by atoms with Crippen molar-refractivity contribution in [2.24, 2.45) is 5.92 Å². The van der Waals surface area contributed by atoms with Crippen LogP contribution in [0, 0.1) is 5.92 Å². The van der Waals surface area contributed by atoms with Gasteiger partial charge in [-0.25, -0.2) is 0 Å². The van der Waals surface area contributed by atoms with Crippen LogP contribution in [0.3, 0.4) is 0 Å². The number of ether oxygens (including phenoxy) is 4. The predicted molar refractivity (Wildman–Crippen MR) is 88.9 cm³/mol. The molecule has 0 saturated carbocycles. The van der Waals surface area contributed by atoms with Crippen molar-refractivity contribution in [3.05, 3.63) is 47.5 Å². The van der Waals surface area contributed by atoms with Gasteiger partial charge in [-0.15, -0.1) is 0 Å². The van der Waals surface area contributed by atoms with Crippen molar-refractivity contribution in [2.45, 2.75) is 12.8 Å². The summed E-state index contributed by atoms with van der Waals surface area (Å²) in [7, 11) is 4.89. The lowest BCUT2D eigenvalue weighted by Gasteiger charge is -2.28. The summed E-state index contributed by atoms with van der Waals surface area (Å²) in [5.74, 6) is 3.20. The minimum atomic E-state index is 0.414. The second-order valence-electron chi connectivity index (χ2n) is 5.69. The van der Waals surface area contributed by atoms with Crippen LogP contribution in [0.2, 0.25) is 0 Å². The molecule has 0 aromatic heterocycles. The Morgan fingerprint density at radius 2 is 1.74 bits per heavy atom. The Hall–Kier alpha value is -2.36. The Kier molecular flexibility index (Phi) is 4.60. The highest BCUT2D eigenvalue weighted by atomic mass is 16.5. The molecular formula is C19H22O4. The van der Waals surface area contributed by atoms with Gasteiger partial charge < -0.3 is 18.9 Å². The van der Waals surface area contributed by atoms with Gasteiger partial charge in [0.05, 0.1) is 27.9 Å². The minimum absolute atomic E-state index is 0.414. The molecule has 1 aliphatic rings. The fourth-order valence-electron chi connectivity index (χ4n) is 3.15.